The zero-order valence-corrected chi connectivity index (χ0v) is 32.2. The van der Waals surface area contributed by atoms with Crippen LogP contribution in [0.5, 0.6) is 0 Å². The predicted molar refractivity (Wildman–Crippen MR) is 178 cm³/mol. The number of alkyl halides is 6. The normalized spacial score (nSPS) is 14.4. The summed E-state index contributed by atoms with van der Waals surface area (Å²) in [5.74, 6) is 0.592. The van der Waals surface area contributed by atoms with Crippen LogP contribution in [0.2, 0.25) is 0 Å². The smallest absolute Gasteiger partial charge is 0.0253 e. The molecule has 0 nitrogen and oxygen atoms in total. The fourth-order valence-electron chi connectivity index (χ4n) is 5.38. The molecule has 6 rings (SSSR count). The van der Waals surface area contributed by atoms with Crippen LogP contribution in [-0.4, -0.2) is 3.21 Å². The van der Waals surface area contributed by atoms with Gasteiger partial charge in [0.05, 0.1) is 0 Å². The van der Waals surface area contributed by atoms with Crippen LogP contribution in [0.4, 0.5) is 26.3 Å². The van der Waals surface area contributed by atoms with E-state index < -0.39 is 23.5 Å². The van der Waals surface area contributed by atoms with E-state index in [1.807, 2.05) is 6.07 Å². The van der Waals surface area contributed by atoms with Crippen LogP contribution in [0.3, 0.4) is 0 Å². The molecule has 1 atom stereocenters. The molecule has 0 aliphatic heterocycles. The molecule has 264 valence electrons. The summed E-state index contributed by atoms with van der Waals surface area (Å²) in [6, 6.07) is 27.3. The first-order valence-electron chi connectivity index (χ1n) is 15.9. The summed E-state index contributed by atoms with van der Waals surface area (Å²) in [7, 11) is 0. The Hall–Kier alpha value is -2.73. The number of hydrogen-bond donors (Lipinski definition) is 0. The minimum absolute atomic E-state index is 0. The van der Waals surface area contributed by atoms with E-state index in [0.29, 0.717) is 25.7 Å². The summed E-state index contributed by atoms with van der Waals surface area (Å²) < 4.78 is 75.6. The number of unbranched alkanes of at least 4 members (excludes halogenated alkanes) is 1. The van der Waals surface area contributed by atoms with Crippen molar-refractivity contribution in [1.29, 1.82) is 0 Å². The fraction of sp³-hybridized carbons (Fsp3) is 0.293. The molecule has 0 aromatic heterocycles. The average Bonchev–Trinajstić information content (AvgIpc) is 3.69. The standard InChI is InChI=1S/C15H8F6.C13H9.C13H21.2ClH.Zr/c16-14(17,18)12-5-1-10(2-6-12)9-11-3-7-13(8-4-11)15(19,20)21;1-3-7-12-10(5-1)9-11-6-2-4-8-13(11)12;1-5-6-7-11-8-9-12(10-11)13(2,3)4;;;/h1-8H;1-5,7-8H,9H2;9-11H,5-7H2,1-4H3;2*1H;/q;2*-1;;;+2/p-2. The molecule has 4 aromatic rings. The Bertz CT molecular complexity index is 1640. The number of rotatable bonds is 5. The van der Waals surface area contributed by atoms with E-state index in [1.54, 1.807) is 0 Å². The number of halogens is 8. The summed E-state index contributed by atoms with van der Waals surface area (Å²) in [4.78, 5) is 0. The molecule has 0 saturated heterocycles. The van der Waals surface area contributed by atoms with Crippen LogP contribution in [0.1, 0.15) is 80.3 Å². The largest absolute Gasteiger partial charge is 1.00 e. The second kappa shape index (κ2) is 18.7. The first-order chi connectivity index (χ1) is 22.6. The van der Waals surface area contributed by atoms with Crippen molar-refractivity contribution in [3.05, 3.63) is 154 Å². The van der Waals surface area contributed by atoms with Gasteiger partial charge in [-0.1, -0.05) is 93.7 Å². The molecule has 0 radical (unpaired) electrons. The van der Waals surface area contributed by atoms with Gasteiger partial charge in [0, 0.05) is 0 Å². The Kier molecular flexibility index (Phi) is 16.2. The molecule has 0 spiro atoms. The van der Waals surface area contributed by atoms with Crippen LogP contribution in [-0.2, 0) is 43.0 Å². The van der Waals surface area contributed by atoms with Gasteiger partial charge in [-0.05, 0) is 6.42 Å². The van der Waals surface area contributed by atoms with Gasteiger partial charge in [0.15, 0.2) is 0 Å². The number of hydrogen-bond acceptors (Lipinski definition) is 0. The third-order valence-electron chi connectivity index (χ3n) is 8.19. The van der Waals surface area contributed by atoms with Gasteiger partial charge in [0.2, 0.25) is 0 Å². The van der Waals surface area contributed by atoms with Gasteiger partial charge in [0.1, 0.15) is 0 Å². The molecule has 2 aliphatic rings. The molecule has 2 aliphatic carbocycles. The van der Waals surface area contributed by atoms with Crippen molar-refractivity contribution in [2.75, 3.05) is 0 Å². The van der Waals surface area contributed by atoms with Gasteiger partial charge in [-0.15, -0.1) is 5.56 Å². The average molecular weight is 807 g/mol. The van der Waals surface area contributed by atoms with Crippen molar-refractivity contribution >= 4 is 3.21 Å². The van der Waals surface area contributed by atoms with Gasteiger partial charge in [-0.25, -0.2) is 6.08 Å². The minimum Gasteiger partial charge on any atom is -1.00 e. The molecule has 9 heteroatoms. The van der Waals surface area contributed by atoms with E-state index in [1.165, 1.54) is 71.4 Å². The van der Waals surface area contributed by atoms with Crippen molar-refractivity contribution in [3.63, 3.8) is 0 Å². The molecule has 1 unspecified atom stereocenters. The Morgan fingerprint density at radius 1 is 0.740 bits per heavy atom. The van der Waals surface area contributed by atoms with Gasteiger partial charge in [-0.3, -0.25) is 6.08 Å². The maximum atomic E-state index is 12.5. The fourth-order valence-corrected chi connectivity index (χ4v) is 6.20. The molecule has 0 heterocycles. The van der Waals surface area contributed by atoms with Gasteiger partial charge < -0.3 is 24.8 Å². The number of fused-ring (bicyclic) bond motifs is 3. The Morgan fingerprint density at radius 2 is 1.26 bits per heavy atom. The molecule has 0 fully saturated rings. The summed E-state index contributed by atoms with van der Waals surface area (Å²) in [6.45, 7) is 9.03. The molecule has 4 aromatic carbocycles. The SMILES string of the molecule is CCCCC1[C-]=CC(C(C)(C)C)=C1.FC(F)(F)c1ccc([C](=[Zr+2])c2ccc(C(F)(F)F)cc2)cc1.[Cl-].[Cl-].[c-]1cccc2c1Cc1ccccc1-2. The second-order valence-corrected chi connectivity index (χ2v) is 14.1. The van der Waals surface area contributed by atoms with E-state index in [9.17, 15) is 26.3 Å². The van der Waals surface area contributed by atoms with Crippen molar-refractivity contribution in [2.24, 2.45) is 11.3 Å². The van der Waals surface area contributed by atoms with Crippen molar-refractivity contribution < 1.29 is 75.4 Å². The summed E-state index contributed by atoms with van der Waals surface area (Å²) >= 11 is 0.898. The minimum atomic E-state index is -4.41. The Morgan fingerprint density at radius 3 is 1.74 bits per heavy atom. The van der Waals surface area contributed by atoms with E-state index in [-0.39, 0.29) is 24.8 Å². The van der Waals surface area contributed by atoms with Crippen LogP contribution in [0.15, 0.2) is 109 Å². The predicted octanol–water partition coefficient (Wildman–Crippen LogP) is 6.04. The first-order valence-corrected chi connectivity index (χ1v) is 17.1. The Balaban J connectivity index is 0.000000268. The maximum Gasteiger partial charge on any atom is -0.0253 e. The molecule has 0 bridgehead atoms. The van der Waals surface area contributed by atoms with Crippen LogP contribution in [0.25, 0.3) is 11.1 Å². The molecule has 0 amide bonds. The topological polar surface area (TPSA) is 0 Å². The zero-order chi connectivity index (χ0) is 35.1. The monoisotopic (exact) mass is 804 g/mol. The van der Waals surface area contributed by atoms with Gasteiger partial charge in [0.25, 0.3) is 0 Å². The summed E-state index contributed by atoms with van der Waals surface area (Å²) in [5.41, 5.74) is 6.87. The molecular weight excluding hydrogens is 769 g/mol. The molecule has 50 heavy (non-hydrogen) atoms. The van der Waals surface area contributed by atoms with Gasteiger partial charge in [-0.2, -0.15) is 41.5 Å². The maximum absolute atomic E-state index is 12.5. The number of allylic oxidation sites excluding steroid dienone is 4. The summed E-state index contributed by atoms with van der Waals surface area (Å²) in [5, 5.41) is 0. The van der Waals surface area contributed by atoms with Gasteiger partial charge >= 0.3 is 137 Å². The quantitative estimate of drug-likeness (QED) is 0.150. The molecular formula is C41H38Cl2F6Zr-2. The second-order valence-electron chi connectivity index (χ2n) is 12.9. The van der Waals surface area contributed by atoms with E-state index >= 15 is 0 Å². The van der Waals surface area contributed by atoms with Crippen molar-refractivity contribution in [2.45, 2.75) is 65.7 Å². The Labute approximate surface area is 319 Å². The number of benzene rings is 4. The van der Waals surface area contributed by atoms with Crippen molar-refractivity contribution in [3.8, 4) is 11.1 Å². The third kappa shape index (κ3) is 11.9. The first kappa shape index (κ1) is 43.4. The third-order valence-corrected chi connectivity index (χ3v) is 9.61. The van der Waals surface area contributed by atoms with E-state index in [4.69, 9.17) is 0 Å². The zero-order valence-electron chi connectivity index (χ0n) is 28.2. The van der Waals surface area contributed by atoms with Crippen LogP contribution >= 0.6 is 0 Å². The van der Waals surface area contributed by atoms with Crippen molar-refractivity contribution in [1.82, 2.24) is 0 Å². The molecule has 0 saturated carbocycles. The van der Waals surface area contributed by atoms with E-state index in [0.717, 1.165) is 54.9 Å². The molecule has 0 N–H and O–H groups in total. The van der Waals surface area contributed by atoms with E-state index in [2.05, 4.69) is 88.4 Å². The van der Waals surface area contributed by atoms with Crippen LogP contribution in [0, 0.1) is 23.5 Å². The van der Waals surface area contributed by atoms with Crippen LogP contribution < -0.4 is 24.8 Å². The summed E-state index contributed by atoms with van der Waals surface area (Å²) in [6.07, 6.45) is 4.10.